The molecule has 0 atom stereocenters. The summed E-state index contributed by atoms with van der Waals surface area (Å²) in [6.07, 6.45) is 2.74. The number of rotatable bonds is 5. The molecule has 0 radical (unpaired) electrons. The predicted octanol–water partition coefficient (Wildman–Crippen LogP) is 4.44. The van der Waals surface area contributed by atoms with E-state index < -0.39 is 5.54 Å². The molecule has 0 unspecified atom stereocenters. The van der Waals surface area contributed by atoms with Crippen LogP contribution >= 0.6 is 11.6 Å². The minimum atomic E-state index is -0.588. The Morgan fingerprint density at radius 1 is 1.08 bits per heavy atom. The average molecular weight is 552 g/mol. The highest BCUT2D eigenvalue weighted by molar-refractivity contribution is 6.30. The minimum absolute atomic E-state index is 0.0450. The molecular formula is C29H34ClN5O4. The second-order valence-electron chi connectivity index (χ2n) is 11.5. The number of amides is 2. The molecule has 10 heteroatoms. The van der Waals surface area contributed by atoms with Gasteiger partial charge in [-0.05, 0) is 50.8 Å². The lowest BCUT2D eigenvalue weighted by atomic mass is 9.74. The number of methoxy groups -OCH3 is 1. The third-order valence-electron chi connectivity index (χ3n) is 7.92. The Balaban J connectivity index is 1.35. The van der Waals surface area contributed by atoms with Crippen molar-refractivity contribution in [1.82, 2.24) is 24.4 Å². The van der Waals surface area contributed by atoms with Gasteiger partial charge in [0.05, 0.1) is 30.5 Å². The fraction of sp³-hybridized carbons (Fsp3) is 0.483. The highest BCUT2D eigenvalue weighted by Crippen LogP contribution is 2.37. The first-order valence-corrected chi connectivity index (χ1v) is 13.7. The van der Waals surface area contributed by atoms with Crippen LogP contribution in [-0.4, -0.2) is 74.5 Å². The summed E-state index contributed by atoms with van der Waals surface area (Å²) in [5.74, 6) is -0.584. The number of imidazole rings is 1. The second-order valence-corrected chi connectivity index (χ2v) is 11.9. The Labute approximate surface area is 233 Å². The van der Waals surface area contributed by atoms with Crippen molar-refractivity contribution in [2.45, 2.75) is 52.0 Å². The van der Waals surface area contributed by atoms with Crippen molar-refractivity contribution in [3.63, 3.8) is 0 Å². The molecule has 1 aromatic carbocycles. The molecule has 2 aliphatic rings. The van der Waals surface area contributed by atoms with Crippen molar-refractivity contribution in [2.75, 3.05) is 26.7 Å². The number of hydrogen-bond donors (Lipinski definition) is 0. The van der Waals surface area contributed by atoms with E-state index in [1.165, 1.54) is 7.11 Å². The van der Waals surface area contributed by atoms with E-state index in [2.05, 4.69) is 13.8 Å². The molecule has 0 bridgehead atoms. The van der Waals surface area contributed by atoms with Gasteiger partial charge in [-0.2, -0.15) is 5.10 Å². The molecule has 3 heterocycles. The van der Waals surface area contributed by atoms with E-state index >= 15 is 0 Å². The average Bonchev–Trinajstić information content (AvgIpc) is 3.30. The summed E-state index contributed by atoms with van der Waals surface area (Å²) < 4.78 is 6.48. The first-order valence-electron chi connectivity index (χ1n) is 13.3. The first-order chi connectivity index (χ1) is 18.5. The van der Waals surface area contributed by atoms with Crippen LogP contribution in [0.1, 0.15) is 62.5 Å². The van der Waals surface area contributed by atoms with E-state index in [1.54, 1.807) is 15.6 Å². The number of nitrogens with zero attached hydrogens (tertiary/aromatic N) is 5. The van der Waals surface area contributed by atoms with Crippen molar-refractivity contribution in [1.29, 1.82) is 0 Å². The molecule has 1 aliphatic heterocycles. The zero-order valence-electron chi connectivity index (χ0n) is 23.0. The molecule has 2 amide bonds. The van der Waals surface area contributed by atoms with E-state index in [0.29, 0.717) is 48.8 Å². The van der Waals surface area contributed by atoms with Gasteiger partial charge in [0.2, 0.25) is 5.91 Å². The fourth-order valence-electron chi connectivity index (χ4n) is 5.59. The summed E-state index contributed by atoms with van der Waals surface area (Å²) in [6, 6.07) is 9.52. The van der Waals surface area contributed by atoms with Crippen LogP contribution in [-0.2, 0) is 14.3 Å². The van der Waals surface area contributed by atoms with Gasteiger partial charge in [0, 0.05) is 41.7 Å². The number of halogens is 1. The summed E-state index contributed by atoms with van der Waals surface area (Å²) in [4.78, 5) is 46.9. The highest BCUT2D eigenvalue weighted by Gasteiger charge is 2.45. The van der Waals surface area contributed by atoms with Crippen LogP contribution in [0.25, 0.3) is 16.9 Å². The van der Waals surface area contributed by atoms with E-state index in [-0.39, 0.29) is 35.5 Å². The monoisotopic (exact) mass is 551 g/mol. The lowest BCUT2D eigenvalue weighted by Gasteiger charge is -2.48. The Bertz CT molecular complexity index is 1430. The lowest BCUT2D eigenvalue weighted by molar-refractivity contribution is -0.155. The Morgan fingerprint density at radius 2 is 1.77 bits per heavy atom. The highest BCUT2D eigenvalue weighted by atomic mass is 35.5. The molecule has 0 N–H and O–H groups in total. The normalized spacial score (nSPS) is 20.7. The maximum atomic E-state index is 13.7. The van der Waals surface area contributed by atoms with Crippen molar-refractivity contribution >= 4 is 35.0 Å². The molecule has 2 fully saturated rings. The van der Waals surface area contributed by atoms with Crippen LogP contribution in [0.5, 0.6) is 0 Å². The number of piperazine rings is 1. The predicted molar refractivity (Wildman–Crippen MR) is 147 cm³/mol. The quantitative estimate of drug-likeness (QED) is 0.435. The molecule has 1 saturated carbocycles. The number of hydrogen-bond acceptors (Lipinski definition) is 6. The number of esters is 1. The number of ether oxygens (including phenoxy) is 1. The first kappa shape index (κ1) is 27.1. The Morgan fingerprint density at radius 3 is 2.38 bits per heavy atom. The second kappa shape index (κ2) is 10.3. The molecule has 2 aromatic heterocycles. The van der Waals surface area contributed by atoms with Crippen LogP contribution in [0, 0.1) is 11.8 Å². The van der Waals surface area contributed by atoms with Gasteiger partial charge in [0.1, 0.15) is 5.69 Å². The summed E-state index contributed by atoms with van der Waals surface area (Å²) in [5.41, 5.74) is 3.09. The topological polar surface area (TPSA) is 97.1 Å². The molecule has 1 saturated heterocycles. The van der Waals surface area contributed by atoms with Gasteiger partial charge in [-0.25, -0.2) is 9.50 Å². The Hall–Kier alpha value is -3.46. The number of aromatic nitrogens is 3. The van der Waals surface area contributed by atoms with E-state index in [0.717, 1.165) is 16.8 Å². The van der Waals surface area contributed by atoms with Gasteiger partial charge < -0.3 is 14.5 Å². The third kappa shape index (κ3) is 5.12. The van der Waals surface area contributed by atoms with Gasteiger partial charge in [0.15, 0.2) is 5.65 Å². The smallest absolute Gasteiger partial charge is 0.308 e. The minimum Gasteiger partial charge on any atom is -0.469 e. The van der Waals surface area contributed by atoms with Crippen LogP contribution in [0.15, 0.2) is 36.5 Å². The lowest BCUT2D eigenvalue weighted by Crippen LogP contribution is -2.63. The van der Waals surface area contributed by atoms with Gasteiger partial charge in [-0.15, -0.1) is 0 Å². The number of benzene rings is 1. The van der Waals surface area contributed by atoms with E-state index in [4.69, 9.17) is 26.4 Å². The molecule has 206 valence electrons. The van der Waals surface area contributed by atoms with Crippen LogP contribution in [0.4, 0.5) is 0 Å². The SMILES string of the molecule is COC(=O)C1CC(C(=O)N2CCN(C(=O)c3cn4nc(-c5ccc(Cl)cc5)cc(C(C)C)c4n3)C(C)(C)C2)C1. The fourth-order valence-corrected chi connectivity index (χ4v) is 5.71. The van der Waals surface area contributed by atoms with Crippen molar-refractivity contribution < 1.29 is 19.1 Å². The molecule has 39 heavy (non-hydrogen) atoms. The molecule has 9 nitrogen and oxygen atoms in total. The van der Waals surface area contributed by atoms with Crippen LogP contribution in [0.3, 0.4) is 0 Å². The Kier molecular flexibility index (Phi) is 7.13. The van der Waals surface area contributed by atoms with Gasteiger partial charge in [-0.1, -0.05) is 37.6 Å². The standard InChI is InChI=1S/C29H34ClN5O4/c1-17(2)22-14-23(18-6-8-21(30)9-7-18)32-35-15-24(31-25(22)35)27(37)34-11-10-33(16-29(34,3)4)26(36)19-12-20(13-19)28(38)39-5/h6-9,14-15,17,19-20H,10-13,16H2,1-5H3. The number of carbonyl (C=O) groups is 3. The maximum Gasteiger partial charge on any atom is 0.308 e. The maximum absolute atomic E-state index is 13.7. The number of fused-ring (bicyclic) bond motifs is 1. The van der Waals surface area contributed by atoms with Gasteiger partial charge in [-0.3, -0.25) is 14.4 Å². The van der Waals surface area contributed by atoms with E-state index in [9.17, 15) is 14.4 Å². The van der Waals surface area contributed by atoms with Gasteiger partial charge in [0.25, 0.3) is 5.91 Å². The summed E-state index contributed by atoms with van der Waals surface area (Å²) >= 11 is 6.07. The molecule has 0 spiro atoms. The largest absolute Gasteiger partial charge is 0.469 e. The van der Waals surface area contributed by atoms with Crippen molar-refractivity contribution in [2.24, 2.45) is 11.8 Å². The zero-order valence-corrected chi connectivity index (χ0v) is 23.7. The summed E-state index contributed by atoms with van der Waals surface area (Å²) in [6.45, 7) is 9.37. The van der Waals surface area contributed by atoms with Crippen molar-refractivity contribution in [3.05, 3.63) is 52.8 Å². The summed E-state index contributed by atoms with van der Waals surface area (Å²) in [7, 11) is 1.37. The molecule has 5 rings (SSSR count). The van der Waals surface area contributed by atoms with Crippen molar-refractivity contribution in [3.8, 4) is 11.3 Å². The molecule has 1 aliphatic carbocycles. The van der Waals surface area contributed by atoms with Gasteiger partial charge >= 0.3 is 5.97 Å². The van der Waals surface area contributed by atoms with Crippen LogP contribution < -0.4 is 0 Å². The summed E-state index contributed by atoms with van der Waals surface area (Å²) in [5, 5.41) is 5.41. The third-order valence-corrected chi connectivity index (χ3v) is 8.17. The number of carbonyl (C=O) groups excluding carboxylic acids is 3. The molecular weight excluding hydrogens is 518 g/mol. The van der Waals surface area contributed by atoms with Crippen LogP contribution in [0.2, 0.25) is 5.02 Å². The zero-order chi connectivity index (χ0) is 28.1. The van der Waals surface area contributed by atoms with E-state index in [1.807, 2.05) is 49.1 Å². The molecule has 3 aromatic rings.